The van der Waals surface area contributed by atoms with Gasteiger partial charge >= 0.3 is 0 Å². The van der Waals surface area contributed by atoms with Gasteiger partial charge in [-0.05, 0) is 61.3 Å². The lowest BCUT2D eigenvalue weighted by molar-refractivity contribution is -0.0768. The molecule has 4 aliphatic carbocycles. The molecule has 18 heavy (non-hydrogen) atoms. The first-order valence-electron chi connectivity index (χ1n) is 7.41. The molecule has 5 unspecified atom stereocenters. The van der Waals surface area contributed by atoms with Gasteiger partial charge in [0.2, 0.25) is 0 Å². The van der Waals surface area contributed by atoms with Crippen molar-refractivity contribution in [3.8, 4) is 0 Å². The van der Waals surface area contributed by atoms with Crippen LogP contribution < -0.4 is 0 Å². The van der Waals surface area contributed by atoms with E-state index in [4.69, 9.17) is 4.74 Å². The molecule has 0 amide bonds. The van der Waals surface area contributed by atoms with Crippen LogP contribution in [0.1, 0.15) is 31.2 Å². The SMILES string of the molecule is COC12CC3CC(CC1C3)C2Cc1ccccc1. The highest BCUT2D eigenvalue weighted by molar-refractivity contribution is 5.21. The molecule has 4 bridgehead atoms. The van der Waals surface area contributed by atoms with Crippen molar-refractivity contribution in [2.45, 2.75) is 37.7 Å². The van der Waals surface area contributed by atoms with Crippen LogP contribution in [0.2, 0.25) is 0 Å². The van der Waals surface area contributed by atoms with Crippen LogP contribution in [0.5, 0.6) is 0 Å². The van der Waals surface area contributed by atoms with Crippen molar-refractivity contribution in [3.05, 3.63) is 35.9 Å². The summed E-state index contributed by atoms with van der Waals surface area (Å²) in [4.78, 5) is 0. The van der Waals surface area contributed by atoms with Gasteiger partial charge in [0.05, 0.1) is 5.60 Å². The van der Waals surface area contributed by atoms with Crippen molar-refractivity contribution < 1.29 is 4.74 Å². The minimum absolute atomic E-state index is 0.240. The summed E-state index contributed by atoms with van der Waals surface area (Å²) in [6.45, 7) is 0. The number of ether oxygens (including phenoxy) is 1. The summed E-state index contributed by atoms with van der Waals surface area (Å²) in [7, 11) is 1.96. The van der Waals surface area contributed by atoms with Crippen molar-refractivity contribution in [1.82, 2.24) is 0 Å². The second-order valence-electron chi connectivity index (χ2n) is 6.69. The van der Waals surface area contributed by atoms with Gasteiger partial charge in [0.15, 0.2) is 0 Å². The van der Waals surface area contributed by atoms with Gasteiger partial charge in [0, 0.05) is 7.11 Å². The Morgan fingerprint density at radius 2 is 2.00 bits per heavy atom. The van der Waals surface area contributed by atoms with E-state index >= 15 is 0 Å². The summed E-state index contributed by atoms with van der Waals surface area (Å²) in [5.41, 5.74) is 1.73. The number of rotatable bonds is 3. The Kier molecular flexibility index (Phi) is 2.35. The average Bonchev–Trinajstić information content (AvgIpc) is 2.78. The first-order valence-corrected chi connectivity index (χ1v) is 7.41. The fourth-order valence-electron chi connectivity index (χ4n) is 5.46. The van der Waals surface area contributed by atoms with Crippen molar-refractivity contribution >= 4 is 0 Å². The van der Waals surface area contributed by atoms with E-state index in [0.29, 0.717) is 0 Å². The minimum atomic E-state index is 0.240. The third-order valence-corrected chi connectivity index (χ3v) is 6.02. The third-order valence-electron chi connectivity index (χ3n) is 6.02. The van der Waals surface area contributed by atoms with E-state index in [-0.39, 0.29) is 5.60 Å². The Morgan fingerprint density at radius 1 is 1.17 bits per heavy atom. The number of benzene rings is 1. The fourth-order valence-corrected chi connectivity index (χ4v) is 5.46. The maximum Gasteiger partial charge on any atom is 0.0743 e. The van der Waals surface area contributed by atoms with Crippen molar-refractivity contribution in [1.29, 1.82) is 0 Å². The highest BCUT2D eigenvalue weighted by Crippen LogP contribution is 2.65. The van der Waals surface area contributed by atoms with E-state index < -0.39 is 0 Å². The molecule has 4 aliphatic rings. The summed E-state index contributed by atoms with van der Waals surface area (Å²) in [5, 5.41) is 0. The number of hydrogen-bond donors (Lipinski definition) is 0. The van der Waals surface area contributed by atoms with E-state index in [9.17, 15) is 0 Å². The average molecular weight is 242 g/mol. The van der Waals surface area contributed by atoms with Gasteiger partial charge in [0.1, 0.15) is 0 Å². The van der Waals surface area contributed by atoms with Crippen molar-refractivity contribution in [3.63, 3.8) is 0 Å². The Morgan fingerprint density at radius 3 is 2.78 bits per heavy atom. The normalized spacial score (nSPS) is 44.7. The number of methoxy groups -OCH3 is 1. The quantitative estimate of drug-likeness (QED) is 0.785. The molecule has 96 valence electrons. The molecule has 0 aliphatic heterocycles. The maximum absolute atomic E-state index is 6.11. The zero-order valence-electron chi connectivity index (χ0n) is 11.1. The molecule has 0 radical (unpaired) electrons. The monoisotopic (exact) mass is 242 g/mol. The second kappa shape index (κ2) is 3.84. The molecule has 1 aromatic rings. The molecule has 1 heteroatoms. The van der Waals surface area contributed by atoms with Crippen LogP contribution in [0.25, 0.3) is 0 Å². The molecule has 1 aromatic carbocycles. The molecule has 5 atom stereocenters. The third kappa shape index (κ3) is 1.37. The van der Waals surface area contributed by atoms with Crippen LogP contribution >= 0.6 is 0 Å². The Bertz CT molecular complexity index is 440. The van der Waals surface area contributed by atoms with Gasteiger partial charge in [-0.1, -0.05) is 30.3 Å². The highest BCUT2D eigenvalue weighted by atomic mass is 16.5. The van der Waals surface area contributed by atoms with Crippen LogP contribution in [0.15, 0.2) is 30.3 Å². The van der Waals surface area contributed by atoms with E-state index in [2.05, 4.69) is 30.3 Å². The van der Waals surface area contributed by atoms with E-state index in [1.54, 1.807) is 0 Å². The predicted molar refractivity (Wildman–Crippen MR) is 72.3 cm³/mol. The second-order valence-corrected chi connectivity index (χ2v) is 6.69. The minimum Gasteiger partial charge on any atom is -0.378 e. The molecule has 0 saturated heterocycles. The summed E-state index contributed by atoms with van der Waals surface area (Å²) < 4.78 is 6.11. The van der Waals surface area contributed by atoms with Gasteiger partial charge < -0.3 is 4.74 Å². The summed E-state index contributed by atoms with van der Waals surface area (Å²) in [6, 6.07) is 11.0. The zero-order valence-corrected chi connectivity index (χ0v) is 11.1. The first-order chi connectivity index (χ1) is 8.82. The molecule has 0 heterocycles. The van der Waals surface area contributed by atoms with Crippen LogP contribution in [0.4, 0.5) is 0 Å². The molecule has 4 fully saturated rings. The molecule has 0 N–H and O–H groups in total. The molecule has 1 nitrogen and oxygen atoms in total. The Balaban J connectivity index is 1.65. The van der Waals surface area contributed by atoms with Crippen LogP contribution in [0, 0.1) is 23.7 Å². The Hall–Kier alpha value is -0.820. The molecule has 5 rings (SSSR count). The van der Waals surface area contributed by atoms with Gasteiger partial charge in [-0.25, -0.2) is 0 Å². The lowest BCUT2D eigenvalue weighted by Gasteiger charge is -2.40. The molecule has 4 saturated carbocycles. The standard InChI is InChI=1S/C17H22O/c1-18-17-11-13-7-14(10-15(17)8-13)16(17)9-12-5-3-2-4-6-12/h2-6,13-16H,7-11H2,1H3. The zero-order chi connectivity index (χ0) is 12.2. The predicted octanol–water partition coefficient (Wildman–Crippen LogP) is 3.68. The summed E-state index contributed by atoms with van der Waals surface area (Å²) >= 11 is 0. The largest absolute Gasteiger partial charge is 0.378 e. The van der Waals surface area contributed by atoms with Crippen LogP contribution in [-0.2, 0) is 11.2 Å². The van der Waals surface area contributed by atoms with Crippen LogP contribution in [-0.4, -0.2) is 12.7 Å². The van der Waals surface area contributed by atoms with Gasteiger partial charge in [-0.15, -0.1) is 0 Å². The Labute approximate surface area is 110 Å². The smallest absolute Gasteiger partial charge is 0.0743 e. The summed E-state index contributed by atoms with van der Waals surface area (Å²) in [6.07, 6.45) is 6.90. The van der Waals surface area contributed by atoms with Gasteiger partial charge in [0.25, 0.3) is 0 Å². The molecule has 0 spiro atoms. The molecule has 0 aromatic heterocycles. The topological polar surface area (TPSA) is 9.23 Å². The number of hydrogen-bond acceptors (Lipinski definition) is 1. The van der Waals surface area contributed by atoms with E-state index in [1.807, 2.05) is 7.11 Å². The fraction of sp³-hybridized carbons (Fsp3) is 0.647. The lowest BCUT2D eigenvalue weighted by atomic mass is 9.71. The van der Waals surface area contributed by atoms with Gasteiger partial charge in [-0.3, -0.25) is 0 Å². The van der Waals surface area contributed by atoms with Gasteiger partial charge in [-0.2, -0.15) is 0 Å². The van der Waals surface area contributed by atoms with E-state index in [0.717, 1.165) is 23.7 Å². The van der Waals surface area contributed by atoms with Crippen LogP contribution in [0.3, 0.4) is 0 Å². The lowest BCUT2D eigenvalue weighted by Crippen LogP contribution is -2.42. The first kappa shape index (κ1) is 11.0. The van der Waals surface area contributed by atoms with Crippen molar-refractivity contribution in [2.24, 2.45) is 23.7 Å². The molecular weight excluding hydrogens is 220 g/mol. The van der Waals surface area contributed by atoms with Crippen molar-refractivity contribution in [2.75, 3.05) is 7.11 Å². The highest BCUT2D eigenvalue weighted by Gasteiger charge is 2.63. The maximum atomic E-state index is 6.11. The van der Waals surface area contributed by atoms with E-state index in [1.165, 1.54) is 37.7 Å². The summed E-state index contributed by atoms with van der Waals surface area (Å²) in [5.74, 6) is 3.54. The molecular formula is C17H22O.